The molecule has 0 fully saturated rings. The number of anilines is 2. The Morgan fingerprint density at radius 2 is 1.61 bits per heavy atom. The lowest BCUT2D eigenvalue weighted by molar-refractivity contribution is -0.129. The van der Waals surface area contributed by atoms with Crippen molar-refractivity contribution in [1.29, 1.82) is 0 Å². The molecule has 4 rings (SSSR count). The van der Waals surface area contributed by atoms with Crippen LogP contribution in [0.1, 0.15) is 24.1 Å². The average molecular weight is 487 g/mol. The van der Waals surface area contributed by atoms with E-state index in [1.54, 1.807) is 44.3 Å². The lowest BCUT2D eigenvalue weighted by Crippen LogP contribution is -2.52. The number of carbonyl (C=O) groups is 3. The fourth-order valence-electron chi connectivity index (χ4n) is 4.30. The third-order valence-corrected chi connectivity index (χ3v) is 6.37. The second-order valence-electron chi connectivity index (χ2n) is 8.61. The van der Waals surface area contributed by atoms with Crippen molar-refractivity contribution >= 4 is 29.1 Å². The van der Waals surface area contributed by atoms with Gasteiger partial charge in [-0.2, -0.15) is 0 Å². The second-order valence-corrected chi connectivity index (χ2v) is 8.61. The van der Waals surface area contributed by atoms with Crippen LogP contribution in [0.4, 0.5) is 11.4 Å². The summed E-state index contributed by atoms with van der Waals surface area (Å²) in [6.45, 7) is 1.72. The van der Waals surface area contributed by atoms with Crippen LogP contribution in [0.25, 0.3) is 0 Å². The van der Waals surface area contributed by atoms with Crippen LogP contribution in [-0.2, 0) is 20.8 Å². The van der Waals surface area contributed by atoms with Gasteiger partial charge in [-0.15, -0.1) is 0 Å². The van der Waals surface area contributed by atoms with Gasteiger partial charge in [-0.3, -0.25) is 19.3 Å². The van der Waals surface area contributed by atoms with Crippen LogP contribution in [0.15, 0.2) is 78.9 Å². The Bertz CT molecular complexity index is 1250. The molecule has 3 aromatic carbocycles. The van der Waals surface area contributed by atoms with Crippen LogP contribution in [0, 0.1) is 0 Å². The molecular formula is C28H30N4O4. The Morgan fingerprint density at radius 3 is 2.33 bits per heavy atom. The van der Waals surface area contributed by atoms with Gasteiger partial charge in [0.15, 0.2) is 0 Å². The van der Waals surface area contributed by atoms with Crippen LogP contribution in [0.3, 0.4) is 0 Å². The third kappa shape index (κ3) is 5.08. The van der Waals surface area contributed by atoms with Crippen molar-refractivity contribution in [2.75, 3.05) is 24.4 Å². The number of hydrogen-bond acceptors (Lipinski definition) is 5. The smallest absolute Gasteiger partial charge is 0.254 e. The molecule has 0 saturated heterocycles. The SMILES string of the molecule is CN[C@@H](C)C(=O)NC(C(=O)N1c2ccccc2CC1C(=O)Nc1ccccc1OC)c1ccccc1. The van der Waals surface area contributed by atoms with E-state index in [2.05, 4.69) is 16.0 Å². The number of fused-ring (bicyclic) bond motifs is 1. The van der Waals surface area contributed by atoms with E-state index in [0.717, 1.165) is 5.56 Å². The fraction of sp³-hybridized carbons (Fsp3) is 0.250. The topological polar surface area (TPSA) is 99.8 Å². The lowest BCUT2D eigenvalue weighted by atomic mass is 10.0. The number of benzene rings is 3. The Morgan fingerprint density at radius 1 is 0.944 bits per heavy atom. The number of nitrogens with zero attached hydrogens (tertiary/aromatic N) is 1. The molecule has 8 nitrogen and oxygen atoms in total. The van der Waals surface area contributed by atoms with E-state index >= 15 is 0 Å². The van der Waals surface area contributed by atoms with Gasteiger partial charge in [0.25, 0.3) is 5.91 Å². The normalized spacial score (nSPS) is 16.0. The molecule has 0 radical (unpaired) electrons. The van der Waals surface area contributed by atoms with Crippen LogP contribution < -0.4 is 25.6 Å². The largest absolute Gasteiger partial charge is 0.495 e. The molecular weight excluding hydrogens is 456 g/mol. The van der Waals surface area contributed by atoms with E-state index in [-0.39, 0.29) is 17.7 Å². The summed E-state index contributed by atoms with van der Waals surface area (Å²) in [6.07, 6.45) is 0.352. The number of rotatable bonds is 8. The van der Waals surface area contributed by atoms with E-state index in [9.17, 15) is 14.4 Å². The number of nitrogens with one attached hydrogen (secondary N) is 3. The number of ether oxygens (including phenoxy) is 1. The molecule has 0 bridgehead atoms. The molecule has 2 unspecified atom stereocenters. The van der Waals surface area contributed by atoms with E-state index in [1.807, 2.05) is 48.5 Å². The summed E-state index contributed by atoms with van der Waals surface area (Å²) in [6, 6.07) is 21.3. The van der Waals surface area contributed by atoms with Crippen LogP contribution in [0.5, 0.6) is 5.75 Å². The van der Waals surface area contributed by atoms with E-state index in [4.69, 9.17) is 4.74 Å². The van der Waals surface area contributed by atoms with Crippen molar-refractivity contribution in [3.8, 4) is 5.75 Å². The van der Waals surface area contributed by atoms with Crippen molar-refractivity contribution < 1.29 is 19.1 Å². The van der Waals surface area contributed by atoms with Crippen molar-refractivity contribution in [3.63, 3.8) is 0 Å². The molecule has 1 aliphatic heterocycles. The van der Waals surface area contributed by atoms with Gasteiger partial charge >= 0.3 is 0 Å². The van der Waals surface area contributed by atoms with Crippen LogP contribution in [0.2, 0.25) is 0 Å². The molecule has 3 aromatic rings. The zero-order valence-corrected chi connectivity index (χ0v) is 20.5. The van der Waals surface area contributed by atoms with E-state index in [0.29, 0.717) is 29.1 Å². The van der Waals surface area contributed by atoms with Crippen LogP contribution >= 0.6 is 0 Å². The average Bonchev–Trinajstić information content (AvgIpc) is 3.31. The lowest BCUT2D eigenvalue weighted by Gasteiger charge is -2.30. The molecule has 0 saturated carbocycles. The van der Waals surface area contributed by atoms with Gasteiger partial charge in [-0.05, 0) is 43.3 Å². The summed E-state index contributed by atoms with van der Waals surface area (Å²) in [4.78, 5) is 42.0. The molecule has 36 heavy (non-hydrogen) atoms. The highest BCUT2D eigenvalue weighted by atomic mass is 16.5. The molecule has 0 spiro atoms. The molecule has 3 atom stereocenters. The summed E-state index contributed by atoms with van der Waals surface area (Å²) in [5, 5.41) is 8.69. The van der Waals surface area contributed by atoms with Crippen molar-refractivity contribution in [1.82, 2.24) is 10.6 Å². The number of amides is 3. The molecule has 1 heterocycles. The van der Waals surface area contributed by atoms with Gasteiger partial charge in [0.1, 0.15) is 17.8 Å². The Kier molecular flexibility index (Phi) is 7.65. The van der Waals surface area contributed by atoms with Crippen molar-refractivity contribution in [2.45, 2.75) is 31.5 Å². The Balaban J connectivity index is 1.70. The number of likely N-dealkylation sites (N-methyl/N-ethyl adjacent to an activating group) is 1. The zero-order valence-electron chi connectivity index (χ0n) is 20.5. The van der Waals surface area contributed by atoms with Gasteiger partial charge in [0.2, 0.25) is 11.8 Å². The summed E-state index contributed by atoms with van der Waals surface area (Å²) < 4.78 is 5.37. The molecule has 0 aliphatic carbocycles. The fourth-order valence-corrected chi connectivity index (χ4v) is 4.30. The Labute approximate surface area is 210 Å². The molecule has 8 heteroatoms. The summed E-state index contributed by atoms with van der Waals surface area (Å²) in [5.41, 5.74) is 2.68. The minimum absolute atomic E-state index is 0.317. The van der Waals surface area contributed by atoms with Crippen LogP contribution in [-0.4, -0.2) is 44.0 Å². The minimum atomic E-state index is -0.970. The van der Waals surface area contributed by atoms with Gasteiger partial charge in [0, 0.05) is 12.1 Å². The van der Waals surface area contributed by atoms with E-state index in [1.165, 1.54) is 12.0 Å². The Hall–Kier alpha value is -4.17. The first-order valence-electron chi connectivity index (χ1n) is 11.8. The maximum absolute atomic E-state index is 14.1. The number of carbonyl (C=O) groups excluding carboxylic acids is 3. The maximum Gasteiger partial charge on any atom is 0.254 e. The third-order valence-electron chi connectivity index (χ3n) is 6.37. The predicted molar refractivity (Wildman–Crippen MR) is 139 cm³/mol. The minimum Gasteiger partial charge on any atom is -0.495 e. The highest BCUT2D eigenvalue weighted by Crippen LogP contribution is 2.35. The molecule has 0 aromatic heterocycles. The highest BCUT2D eigenvalue weighted by Gasteiger charge is 2.42. The first-order valence-corrected chi connectivity index (χ1v) is 11.8. The quantitative estimate of drug-likeness (QED) is 0.455. The van der Waals surface area contributed by atoms with Gasteiger partial charge in [-0.1, -0.05) is 60.7 Å². The molecule has 3 N–H and O–H groups in total. The standard InChI is InChI=1S/C28H30N4O4/c1-18(29-2)26(33)31-25(19-11-5-4-6-12-19)28(35)32-22-15-9-7-13-20(22)17-23(32)27(34)30-21-14-8-10-16-24(21)36-3/h4-16,18,23,25,29H,17H2,1-3H3,(H,30,34)(H,31,33)/t18-,23?,25?/m0/s1. The highest BCUT2D eigenvalue weighted by molar-refractivity contribution is 6.10. The first-order chi connectivity index (χ1) is 17.4. The zero-order chi connectivity index (χ0) is 25.7. The van der Waals surface area contributed by atoms with Gasteiger partial charge in [0.05, 0.1) is 18.8 Å². The van der Waals surface area contributed by atoms with Crippen molar-refractivity contribution in [2.24, 2.45) is 0 Å². The molecule has 3 amide bonds. The second kappa shape index (κ2) is 11.0. The predicted octanol–water partition coefficient (Wildman–Crippen LogP) is 3.06. The molecule has 186 valence electrons. The summed E-state index contributed by atoms with van der Waals surface area (Å²) >= 11 is 0. The maximum atomic E-state index is 14.1. The number of hydrogen-bond donors (Lipinski definition) is 3. The first kappa shape index (κ1) is 24.9. The van der Waals surface area contributed by atoms with Crippen molar-refractivity contribution in [3.05, 3.63) is 90.0 Å². The number of para-hydroxylation sites is 3. The van der Waals surface area contributed by atoms with Gasteiger partial charge in [-0.25, -0.2) is 0 Å². The number of methoxy groups -OCH3 is 1. The molecule has 1 aliphatic rings. The summed E-state index contributed by atoms with van der Waals surface area (Å²) in [7, 11) is 3.21. The van der Waals surface area contributed by atoms with Gasteiger partial charge < -0.3 is 20.7 Å². The summed E-state index contributed by atoms with van der Waals surface area (Å²) in [5.74, 6) is -0.523. The van der Waals surface area contributed by atoms with E-state index < -0.39 is 18.1 Å². The monoisotopic (exact) mass is 486 g/mol.